The number of benzene rings is 1. The molecule has 0 aliphatic rings. The SMILES string of the molecule is CCC(Cc1ccc(C)c(Br)c1)C(C)=O. The van der Waals surface area contributed by atoms with Crippen LogP contribution in [0.15, 0.2) is 22.7 Å². The number of halogens is 1. The van der Waals surface area contributed by atoms with Crippen LogP contribution in [0.5, 0.6) is 0 Å². The number of ketones is 1. The van der Waals surface area contributed by atoms with Crippen LogP contribution in [-0.4, -0.2) is 5.78 Å². The van der Waals surface area contributed by atoms with Gasteiger partial charge in [0.1, 0.15) is 5.78 Å². The van der Waals surface area contributed by atoms with Crippen LogP contribution >= 0.6 is 15.9 Å². The van der Waals surface area contributed by atoms with E-state index in [1.807, 2.05) is 0 Å². The van der Waals surface area contributed by atoms with Crippen LogP contribution in [0.1, 0.15) is 31.4 Å². The van der Waals surface area contributed by atoms with E-state index in [-0.39, 0.29) is 11.7 Å². The number of Topliss-reactive ketones (excluding diaryl/α,β-unsaturated/α-hetero) is 1. The molecular weight excluding hydrogens is 252 g/mol. The van der Waals surface area contributed by atoms with E-state index in [2.05, 4.69) is 48.0 Å². The van der Waals surface area contributed by atoms with Crippen LogP contribution in [0.4, 0.5) is 0 Å². The summed E-state index contributed by atoms with van der Waals surface area (Å²) in [7, 11) is 0. The zero-order valence-electron chi connectivity index (χ0n) is 9.51. The second-order valence-corrected chi connectivity index (χ2v) is 4.86. The van der Waals surface area contributed by atoms with E-state index in [0.29, 0.717) is 0 Å². The van der Waals surface area contributed by atoms with Gasteiger partial charge in [-0.05, 0) is 43.9 Å². The summed E-state index contributed by atoms with van der Waals surface area (Å²) in [6.07, 6.45) is 1.77. The van der Waals surface area contributed by atoms with Crippen molar-refractivity contribution in [2.45, 2.75) is 33.6 Å². The minimum Gasteiger partial charge on any atom is -0.300 e. The first-order valence-corrected chi connectivity index (χ1v) is 6.09. The molecule has 82 valence electrons. The molecule has 0 fully saturated rings. The zero-order chi connectivity index (χ0) is 11.4. The molecule has 0 aliphatic carbocycles. The lowest BCUT2D eigenvalue weighted by atomic mass is 9.93. The van der Waals surface area contributed by atoms with Gasteiger partial charge in [0.05, 0.1) is 0 Å². The molecule has 0 aromatic heterocycles. The maximum absolute atomic E-state index is 11.3. The molecule has 0 amide bonds. The molecule has 0 spiro atoms. The fourth-order valence-corrected chi connectivity index (χ4v) is 2.05. The van der Waals surface area contributed by atoms with Crippen molar-refractivity contribution in [2.24, 2.45) is 5.92 Å². The highest BCUT2D eigenvalue weighted by molar-refractivity contribution is 9.10. The van der Waals surface area contributed by atoms with Gasteiger partial charge in [0, 0.05) is 10.4 Å². The van der Waals surface area contributed by atoms with Crippen molar-refractivity contribution in [2.75, 3.05) is 0 Å². The topological polar surface area (TPSA) is 17.1 Å². The van der Waals surface area contributed by atoms with Crippen molar-refractivity contribution in [1.29, 1.82) is 0 Å². The quantitative estimate of drug-likeness (QED) is 0.809. The molecule has 1 aromatic carbocycles. The van der Waals surface area contributed by atoms with Crippen molar-refractivity contribution >= 4 is 21.7 Å². The van der Waals surface area contributed by atoms with E-state index in [1.165, 1.54) is 11.1 Å². The number of aryl methyl sites for hydroxylation is 1. The third-order valence-corrected chi connectivity index (χ3v) is 3.64. The summed E-state index contributed by atoms with van der Waals surface area (Å²) < 4.78 is 1.12. The molecule has 1 nitrogen and oxygen atoms in total. The van der Waals surface area contributed by atoms with Crippen molar-refractivity contribution in [3.8, 4) is 0 Å². The van der Waals surface area contributed by atoms with Crippen LogP contribution in [0, 0.1) is 12.8 Å². The average molecular weight is 269 g/mol. The summed E-state index contributed by atoms with van der Waals surface area (Å²) >= 11 is 3.51. The Kier molecular flexibility index (Phi) is 4.52. The van der Waals surface area contributed by atoms with Gasteiger partial charge in [0.15, 0.2) is 0 Å². The van der Waals surface area contributed by atoms with Crippen LogP contribution in [-0.2, 0) is 11.2 Å². The predicted octanol–water partition coefficient (Wildman–Crippen LogP) is 3.92. The highest BCUT2D eigenvalue weighted by Gasteiger charge is 2.12. The van der Waals surface area contributed by atoms with Crippen LogP contribution in [0.3, 0.4) is 0 Å². The van der Waals surface area contributed by atoms with E-state index in [4.69, 9.17) is 0 Å². The van der Waals surface area contributed by atoms with Crippen molar-refractivity contribution in [3.63, 3.8) is 0 Å². The van der Waals surface area contributed by atoms with Gasteiger partial charge in [-0.1, -0.05) is 35.0 Å². The minimum absolute atomic E-state index is 0.166. The Morgan fingerprint density at radius 1 is 1.47 bits per heavy atom. The van der Waals surface area contributed by atoms with Crippen LogP contribution < -0.4 is 0 Å². The van der Waals surface area contributed by atoms with E-state index in [0.717, 1.165) is 17.3 Å². The van der Waals surface area contributed by atoms with Crippen LogP contribution in [0.2, 0.25) is 0 Å². The van der Waals surface area contributed by atoms with Gasteiger partial charge in [0.2, 0.25) is 0 Å². The average Bonchev–Trinajstić information content (AvgIpc) is 2.19. The molecule has 0 radical (unpaired) electrons. The summed E-state index contributed by atoms with van der Waals surface area (Å²) in [5.74, 6) is 0.453. The van der Waals surface area contributed by atoms with Crippen molar-refractivity contribution in [1.82, 2.24) is 0 Å². The second kappa shape index (κ2) is 5.45. The van der Waals surface area contributed by atoms with E-state index in [1.54, 1.807) is 6.92 Å². The molecule has 0 saturated heterocycles. The maximum Gasteiger partial charge on any atom is 0.133 e. The Morgan fingerprint density at radius 3 is 2.60 bits per heavy atom. The third-order valence-electron chi connectivity index (χ3n) is 2.79. The van der Waals surface area contributed by atoms with Gasteiger partial charge >= 0.3 is 0 Å². The van der Waals surface area contributed by atoms with Gasteiger partial charge in [-0.15, -0.1) is 0 Å². The van der Waals surface area contributed by atoms with Gasteiger partial charge in [-0.3, -0.25) is 4.79 Å². The molecule has 0 heterocycles. The lowest BCUT2D eigenvalue weighted by Gasteiger charge is -2.11. The molecule has 0 bridgehead atoms. The summed E-state index contributed by atoms with van der Waals surface area (Å²) in [5.41, 5.74) is 2.46. The van der Waals surface area contributed by atoms with Crippen molar-refractivity contribution in [3.05, 3.63) is 33.8 Å². The fourth-order valence-electron chi connectivity index (χ4n) is 1.62. The third kappa shape index (κ3) is 3.45. The number of hydrogen-bond acceptors (Lipinski definition) is 1. The number of carbonyl (C=O) groups is 1. The van der Waals surface area contributed by atoms with Gasteiger partial charge < -0.3 is 0 Å². The molecule has 15 heavy (non-hydrogen) atoms. The van der Waals surface area contributed by atoms with Crippen molar-refractivity contribution < 1.29 is 4.79 Å². The second-order valence-electron chi connectivity index (χ2n) is 4.00. The molecule has 1 atom stereocenters. The summed E-state index contributed by atoms with van der Waals surface area (Å²) in [6, 6.07) is 6.30. The molecular formula is C13H17BrO. The Bertz CT molecular complexity index is 358. The molecule has 2 heteroatoms. The minimum atomic E-state index is 0.166. The Balaban J connectivity index is 2.80. The van der Waals surface area contributed by atoms with E-state index < -0.39 is 0 Å². The number of hydrogen-bond donors (Lipinski definition) is 0. The first kappa shape index (κ1) is 12.4. The van der Waals surface area contributed by atoms with Gasteiger partial charge in [-0.25, -0.2) is 0 Å². The molecule has 1 rings (SSSR count). The van der Waals surface area contributed by atoms with Crippen LogP contribution in [0.25, 0.3) is 0 Å². The number of rotatable bonds is 4. The first-order chi connectivity index (χ1) is 7.04. The Labute approximate surface area is 100 Å². The largest absolute Gasteiger partial charge is 0.300 e. The normalized spacial score (nSPS) is 12.5. The molecule has 0 aliphatic heterocycles. The first-order valence-electron chi connectivity index (χ1n) is 5.30. The van der Waals surface area contributed by atoms with Gasteiger partial charge in [-0.2, -0.15) is 0 Å². The fraction of sp³-hybridized carbons (Fsp3) is 0.462. The Morgan fingerprint density at radius 2 is 2.13 bits per heavy atom. The standard InChI is InChI=1S/C13H17BrO/c1-4-12(10(3)15)7-11-6-5-9(2)13(14)8-11/h5-6,8,12H,4,7H2,1-3H3. The number of carbonyl (C=O) groups excluding carboxylic acids is 1. The lowest BCUT2D eigenvalue weighted by Crippen LogP contribution is -2.12. The lowest BCUT2D eigenvalue weighted by molar-refractivity contribution is -0.120. The monoisotopic (exact) mass is 268 g/mol. The Hall–Kier alpha value is -0.630. The zero-order valence-corrected chi connectivity index (χ0v) is 11.1. The maximum atomic E-state index is 11.3. The van der Waals surface area contributed by atoms with E-state index >= 15 is 0 Å². The smallest absolute Gasteiger partial charge is 0.133 e. The highest BCUT2D eigenvalue weighted by Crippen LogP contribution is 2.20. The predicted molar refractivity (Wildman–Crippen MR) is 67.0 cm³/mol. The van der Waals surface area contributed by atoms with Gasteiger partial charge in [0.25, 0.3) is 0 Å². The summed E-state index contributed by atoms with van der Waals surface area (Å²) in [5, 5.41) is 0. The highest BCUT2D eigenvalue weighted by atomic mass is 79.9. The summed E-state index contributed by atoms with van der Waals surface area (Å²) in [4.78, 5) is 11.3. The molecule has 0 N–H and O–H groups in total. The molecule has 1 aromatic rings. The molecule has 1 unspecified atom stereocenters. The summed E-state index contributed by atoms with van der Waals surface area (Å²) in [6.45, 7) is 5.81. The van der Waals surface area contributed by atoms with E-state index in [9.17, 15) is 4.79 Å². The molecule has 0 saturated carbocycles.